The molecule has 0 radical (unpaired) electrons. The Kier molecular flexibility index (Phi) is 4.06. The van der Waals surface area contributed by atoms with E-state index in [1.54, 1.807) is 12.1 Å². The number of ether oxygens (including phenoxy) is 1. The third-order valence-corrected chi connectivity index (χ3v) is 4.20. The molecule has 1 heterocycles. The number of anilines is 1. The third kappa shape index (κ3) is 3.49. The normalized spacial score (nSPS) is 22.8. The average molecular weight is 299 g/mol. The first-order valence-electron chi connectivity index (χ1n) is 6.47. The predicted molar refractivity (Wildman–Crippen MR) is 78.0 cm³/mol. The molecule has 1 atom stereocenters. The summed E-state index contributed by atoms with van der Waals surface area (Å²) in [6, 6.07) is 6.55. The number of rotatable bonds is 3. The molecule has 0 aromatic heterocycles. The van der Waals surface area contributed by atoms with Gasteiger partial charge in [0.1, 0.15) is 0 Å². The molecule has 0 saturated carbocycles. The molecule has 2 rings (SSSR count). The number of benzene rings is 1. The van der Waals surface area contributed by atoms with Crippen LogP contribution in [0.1, 0.15) is 13.8 Å². The zero-order valence-electron chi connectivity index (χ0n) is 11.7. The molecule has 1 aliphatic heterocycles. The molecular weight excluding hydrogens is 278 g/mol. The van der Waals surface area contributed by atoms with Crippen molar-refractivity contribution < 1.29 is 13.2 Å². The number of hydrogen-bond donors (Lipinski definition) is 2. The second kappa shape index (κ2) is 5.33. The molecular formula is C13H21N3O3S. The molecule has 1 saturated heterocycles. The fraction of sp³-hybridized carbons (Fsp3) is 0.538. The van der Waals surface area contributed by atoms with Crippen LogP contribution < -0.4 is 15.8 Å². The molecule has 0 spiro atoms. The monoisotopic (exact) mass is 299 g/mol. The Morgan fingerprint density at radius 2 is 1.95 bits per heavy atom. The molecule has 112 valence electrons. The van der Waals surface area contributed by atoms with Crippen LogP contribution in [0.2, 0.25) is 0 Å². The van der Waals surface area contributed by atoms with E-state index in [1.165, 1.54) is 12.1 Å². The van der Waals surface area contributed by atoms with Crippen molar-refractivity contribution in [3.63, 3.8) is 0 Å². The summed E-state index contributed by atoms with van der Waals surface area (Å²) in [5, 5.41) is 5.09. The summed E-state index contributed by atoms with van der Waals surface area (Å²) >= 11 is 0. The van der Waals surface area contributed by atoms with Gasteiger partial charge < -0.3 is 15.4 Å². The first-order valence-corrected chi connectivity index (χ1v) is 8.02. The molecule has 20 heavy (non-hydrogen) atoms. The summed E-state index contributed by atoms with van der Waals surface area (Å²) in [7, 11) is -3.65. The van der Waals surface area contributed by atoms with E-state index in [0.29, 0.717) is 13.1 Å². The summed E-state index contributed by atoms with van der Waals surface area (Å²) in [4.78, 5) is 2.26. The summed E-state index contributed by atoms with van der Waals surface area (Å²) in [6.07, 6.45) is -0.0309. The maximum absolute atomic E-state index is 11.2. The van der Waals surface area contributed by atoms with Gasteiger partial charge in [0.2, 0.25) is 10.0 Å². The van der Waals surface area contributed by atoms with E-state index >= 15 is 0 Å². The van der Waals surface area contributed by atoms with Gasteiger partial charge in [0.05, 0.1) is 16.6 Å². The maximum atomic E-state index is 11.2. The molecule has 1 aromatic carbocycles. The van der Waals surface area contributed by atoms with E-state index in [2.05, 4.69) is 4.90 Å². The van der Waals surface area contributed by atoms with Gasteiger partial charge in [-0.25, -0.2) is 13.6 Å². The van der Waals surface area contributed by atoms with Crippen LogP contribution in [0.5, 0.6) is 0 Å². The summed E-state index contributed by atoms with van der Waals surface area (Å²) in [6.45, 7) is 5.89. The minimum atomic E-state index is -3.65. The van der Waals surface area contributed by atoms with Gasteiger partial charge >= 0.3 is 0 Å². The zero-order chi connectivity index (χ0) is 15.0. The van der Waals surface area contributed by atoms with Gasteiger partial charge in [-0.3, -0.25) is 0 Å². The van der Waals surface area contributed by atoms with E-state index in [4.69, 9.17) is 15.6 Å². The van der Waals surface area contributed by atoms with Crippen molar-refractivity contribution in [2.24, 2.45) is 10.9 Å². The molecule has 0 aliphatic carbocycles. The Bertz CT molecular complexity index is 569. The highest BCUT2D eigenvalue weighted by Crippen LogP contribution is 2.26. The van der Waals surface area contributed by atoms with Crippen LogP contribution in [0.15, 0.2) is 29.2 Å². The summed E-state index contributed by atoms with van der Waals surface area (Å²) in [5.41, 5.74) is 6.34. The quantitative estimate of drug-likeness (QED) is 0.835. The van der Waals surface area contributed by atoms with Crippen LogP contribution in [0.4, 0.5) is 5.69 Å². The largest absolute Gasteiger partial charge is 0.367 e. The Labute approximate surface area is 119 Å². The van der Waals surface area contributed by atoms with Crippen LogP contribution >= 0.6 is 0 Å². The highest BCUT2D eigenvalue weighted by molar-refractivity contribution is 7.89. The zero-order valence-corrected chi connectivity index (χ0v) is 12.6. The average Bonchev–Trinajstić information content (AvgIpc) is 2.36. The van der Waals surface area contributed by atoms with Gasteiger partial charge in [-0.15, -0.1) is 0 Å². The van der Waals surface area contributed by atoms with Crippen LogP contribution in [-0.4, -0.2) is 39.8 Å². The SMILES string of the molecule is CC1(C)CN(c2ccc(S(N)(=O)=O)cc2)CC(CN)O1. The van der Waals surface area contributed by atoms with Crippen LogP contribution in [0.3, 0.4) is 0 Å². The lowest BCUT2D eigenvalue weighted by molar-refractivity contribution is -0.0788. The lowest BCUT2D eigenvalue weighted by atomic mass is 10.0. The molecule has 6 nitrogen and oxygen atoms in total. The number of nitrogens with two attached hydrogens (primary N) is 2. The molecule has 4 N–H and O–H groups in total. The molecule has 0 bridgehead atoms. The van der Waals surface area contributed by atoms with Gasteiger partial charge in [0.25, 0.3) is 0 Å². The van der Waals surface area contributed by atoms with Gasteiger partial charge in [-0.1, -0.05) is 0 Å². The van der Waals surface area contributed by atoms with E-state index in [9.17, 15) is 8.42 Å². The Morgan fingerprint density at radius 3 is 2.45 bits per heavy atom. The topological polar surface area (TPSA) is 98.7 Å². The molecule has 1 aromatic rings. The number of primary sulfonamides is 1. The van der Waals surface area contributed by atoms with E-state index < -0.39 is 10.0 Å². The summed E-state index contributed by atoms with van der Waals surface area (Å²) in [5.74, 6) is 0. The van der Waals surface area contributed by atoms with Gasteiger partial charge in [0.15, 0.2) is 0 Å². The first kappa shape index (κ1) is 15.2. The van der Waals surface area contributed by atoms with Gasteiger partial charge in [0, 0.05) is 25.3 Å². The molecule has 1 unspecified atom stereocenters. The molecule has 7 heteroatoms. The number of sulfonamides is 1. The van der Waals surface area contributed by atoms with Crippen molar-refractivity contribution in [3.8, 4) is 0 Å². The van der Waals surface area contributed by atoms with Crippen molar-refractivity contribution >= 4 is 15.7 Å². The fourth-order valence-electron chi connectivity index (χ4n) is 2.46. The smallest absolute Gasteiger partial charge is 0.238 e. The highest BCUT2D eigenvalue weighted by atomic mass is 32.2. The lowest BCUT2D eigenvalue weighted by Gasteiger charge is -2.43. The van der Waals surface area contributed by atoms with E-state index in [1.807, 2.05) is 13.8 Å². The molecule has 1 aliphatic rings. The van der Waals surface area contributed by atoms with Crippen molar-refractivity contribution in [2.75, 3.05) is 24.5 Å². The standard InChI is InChI=1S/C13H21N3O3S/c1-13(2)9-16(8-11(7-14)19-13)10-3-5-12(6-4-10)20(15,17)18/h3-6,11H,7-9,14H2,1-2H3,(H2,15,17,18). The highest BCUT2D eigenvalue weighted by Gasteiger charge is 2.32. The Hall–Kier alpha value is -1.15. The van der Waals surface area contributed by atoms with Crippen LogP contribution in [0.25, 0.3) is 0 Å². The number of hydrogen-bond acceptors (Lipinski definition) is 5. The third-order valence-electron chi connectivity index (χ3n) is 3.27. The second-order valence-electron chi connectivity index (χ2n) is 5.65. The molecule has 0 amide bonds. The fourth-order valence-corrected chi connectivity index (χ4v) is 2.98. The van der Waals surface area contributed by atoms with Gasteiger partial charge in [-0.2, -0.15) is 0 Å². The van der Waals surface area contributed by atoms with Gasteiger partial charge in [-0.05, 0) is 38.1 Å². The first-order chi connectivity index (χ1) is 9.21. The Balaban J connectivity index is 2.22. The van der Waals surface area contributed by atoms with Crippen molar-refractivity contribution in [2.45, 2.75) is 30.4 Å². The van der Waals surface area contributed by atoms with E-state index in [0.717, 1.165) is 12.2 Å². The molecule has 1 fully saturated rings. The van der Waals surface area contributed by atoms with Crippen LogP contribution in [0, 0.1) is 0 Å². The van der Waals surface area contributed by atoms with Crippen LogP contribution in [-0.2, 0) is 14.8 Å². The minimum Gasteiger partial charge on any atom is -0.367 e. The van der Waals surface area contributed by atoms with Crippen molar-refractivity contribution in [1.82, 2.24) is 0 Å². The number of nitrogens with zero attached hydrogens (tertiary/aromatic N) is 1. The maximum Gasteiger partial charge on any atom is 0.238 e. The number of morpholine rings is 1. The predicted octanol–water partition coefficient (Wildman–Crippen LogP) is 0.277. The second-order valence-corrected chi connectivity index (χ2v) is 7.22. The summed E-state index contributed by atoms with van der Waals surface area (Å²) < 4.78 is 28.4. The Morgan fingerprint density at radius 1 is 1.35 bits per heavy atom. The van der Waals surface area contributed by atoms with Crippen molar-refractivity contribution in [1.29, 1.82) is 0 Å². The minimum absolute atomic E-state index is 0.0309. The lowest BCUT2D eigenvalue weighted by Crippen LogP contribution is -2.54. The van der Waals surface area contributed by atoms with Crippen molar-refractivity contribution in [3.05, 3.63) is 24.3 Å². The van der Waals surface area contributed by atoms with E-state index in [-0.39, 0.29) is 16.6 Å².